The number of fused-ring (bicyclic) bond motifs is 1. The molecule has 0 amide bonds. The summed E-state index contributed by atoms with van der Waals surface area (Å²) in [4.78, 5) is 0. The summed E-state index contributed by atoms with van der Waals surface area (Å²) in [5.74, 6) is 0.900. The van der Waals surface area contributed by atoms with E-state index in [1.54, 1.807) is 18.0 Å². The third-order valence-corrected chi connectivity index (χ3v) is 4.02. The Morgan fingerprint density at radius 2 is 2.33 bits per heavy atom. The Labute approximate surface area is 128 Å². The summed E-state index contributed by atoms with van der Waals surface area (Å²) in [6.07, 6.45) is 2.27. The van der Waals surface area contributed by atoms with Crippen LogP contribution in [0.3, 0.4) is 0 Å². The minimum Gasteiger partial charge on any atom is -0.488 e. The molecule has 0 saturated heterocycles. The second kappa shape index (κ2) is 6.05. The number of rotatable bonds is 5. The van der Waals surface area contributed by atoms with E-state index in [0.717, 1.165) is 17.9 Å². The van der Waals surface area contributed by atoms with E-state index in [0.29, 0.717) is 18.2 Å². The van der Waals surface area contributed by atoms with Crippen molar-refractivity contribution in [2.45, 2.75) is 25.1 Å². The number of nitrogens with two attached hydrogens (primary N) is 1. The van der Waals surface area contributed by atoms with Crippen LogP contribution in [0.1, 0.15) is 17.3 Å². The minimum atomic E-state index is -0.329. The van der Waals surface area contributed by atoms with Crippen LogP contribution < -0.4 is 10.5 Å². The average Bonchev–Trinajstić information content (AvgIpc) is 3.08. The van der Waals surface area contributed by atoms with Crippen LogP contribution in [0.5, 0.6) is 5.75 Å². The zero-order valence-electron chi connectivity index (χ0n) is 11.8. The topological polar surface area (TPSA) is 62.3 Å². The molecule has 2 N–H and O–H groups in total. The summed E-state index contributed by atoms with van der Waals surface area (Å²) < 4.78 is 12.8. The molecule has 1 aliphatic heterocycles. The highest BCUT2D eigenvalue weighted by atomic mass is 35.5. The van der Waals surface area contributed by atoms with E-state index in [9.17, 15) is 0 Å². The maximum atomic E-state index is 6.39. The summed E-state index contributed by atoms with van der Waals surface area (Å²) in [6, 6.07) is 7.66. The Hall–Kier alpha value is -1.56. The molecule has 2 aromatic rings. The van der Waals surface area contributed by atoms with Crippen molar-refractivity contribution in [2.24, 2.45) is 5.73 Å². The summed E-state index contributed by atoms with van der Waals surface area (Å²) >= 11 is 6.25. The molecule has 0 bridgehead atoms. The van der Waals surface area contributed by atoms with Gasteiger partial charge in [0, 0.05) is 13.5 Å². The normalized spacial score (nSPS) is 18.3. The SMILES string of the molecule is COCCn1ncc(Cl)c1C(N)C1Cc2ccccc2O1. The van der Waals surface area contributed by atoms with E-state index in [2.05, 4.69) is 11.2 Å². The number of hydrogen-bond acceptors (Lipinski definition) is 4. The molecular formula is C15H18ClN3O2. The van der Waals surface area contributed by atoms with Crippen LogP contribution in [0.25, 0.3) is 0 Å². The number of aromatic nitrogens is 2. The highest BCUT2D eigenvalue weighted by molar-refractivity contribution is 6.31. The second-order valence-corrected chi connectivity index (χ2v) is 5.49. The number of ether oxygens (including phenoxy) is 2. The molecule has 0 radical (unpaired) electrons. The molecule has 1 aromatic heterocycles. The van der Waals surface area contributed by atoms with E-state index in [1.807, 2.05) is 18.2 Å². The van der Waals surface area contributed by atoms with Gasteiger partial charge in [-0.1, -0.05) is 29.8 Å². The molecule has 6 heteroatoms. The molecule has 2 heterocycles. The monoisotopic (exact) mass is 307 g/mol. The van der Waals surface area contributed by atoms with Crippen LogP contribution in [-0.4, -0.2) is 29.6 Å². The average molecular weight is 308 g/mol. The van der Waals surface area contributed by atoms with Gasteiger partial charge in [0.15, 0.2) is 0 Å². The quantitative estimate of drug-likeness (QED) is 0.920. The van der Waals surface area contributed by atoms with E-state index >= 15 is 0 Å². The second-order valence-electron chi connectivity index (χ2n) is 5.09. The summed E-state index contributed by atoms with van der Waals surface area (Å²) in [5, 5.41) is 4.83. The van der Waals surface area contributed by atoms with Gasteiger partial charge in [0.05, 0.1) is 36.1 Å². The summed E-state index contributed by atoms with van der Waals surface area (Å²) in [7, 11) is 1.65. The Kier molecular flexibility index (Phi) is 4.14. The number of methoxy groups -OCH3 is 1. The first-order valence-corrected chi connectivity index (χ1v) is 7.28. The zero-order chi connectivity index (χ0) is 14.8. The molecule has 2 unspecified atom stereocenters. The Bertz CT molecular complexity index is 604. The first-order valence-electron chi connectivity index (χ1n) is 6.91. The summed E-state index contributed by atoms with van der Waals surface area (Å²) in [5.41, 5.74) is 8.36. The van der Waals surface area contributed by atoms with Gasteiger partial charge in [-0.05, 0) is 11.6 Å². The van der Waals surface area contributed by atoms with Gasteiger partial charge in [-0.2, -0.15) is 5.10 Å². The number of hydrogen-bond donors (Lipinski definition) is 1. The van der Waals surface area contributed by atoms with Crippen molar-refractivity contribution in [1.82, 2.24) is 9.78 Å². The van der Waals surface area contributed by atoms with E-state index in [-0.39, 0.29) is 12.1 Å². The highest BCUT2D eigenvalue weighted by Gasteiger charge is 2.32. The number of para-hydroxylation sites is 1. The van der Waals surface area contributed by atoms with E-state index in [4.69, 9.17) is 26.8 Å². The Morgan fingerprint density at radius 1 is 1.52 bits per heavy atom. The first kappa shape index (κ1) is 14.4. The predicted molar refractivity (Wildman–Crippen MR) is 80.6 cm³/mol. The van der Waals surface area contributed by atoms with Crippen molar-refractivity contribution >= 4 is 11.6 Å². The van der Waals surface area contributed by atoms with Crippen LogP contribution in [0.4, 0.5) is 0 Å². The lowest BCUT2D eigenvalue weighted by atomic mass is 10.0. The Morgan fingerprint density at radius 3 is 3.10 bits per heavy atom. The number of benzene rings is 1. The van der Waals surface area contributed by atoms with Gasteiger partial charge in [-0.15, -0.1) is 0 Å². The van der Waals surface area contributed by atoms with Crippen LogP contribution in [-0.2, 0) is 17.7 Å². The van der Waals surface area contributed by atoms with Crippen molar-refractivity contribution < 1.29 is 9.47 Å². The molecule has 112 valence electrons. The van der Waals surface area contributed by atoms with Gasteiger partial charge >= 0.3 is 0 Å². The largest absolute Gasteiger partial charge is 0.488 e. The molecule has 21 heavy (non-hydrogen) atoms. The molecular weight excluding hydrogens is 290 g/mol. The van der Waals surface area contributed by atoms with Gasteiger partial charge in [0.25, 0.3) is 0 Å². The lowest BCUT2D eigenvalue weighted by Gasteiger charge is -2.21. The number of halogens is 1. The lowest BCUT2D eigenvalue weighted by Crippen LogP contribution is -2.32. The predicted octanol–water partition coefficient (Wildman–Crippen LogP) is 2.19. The van der Waals surface area contributed by atoms with E-state index < -0.39 is 0 Å². The van der Waals surface area contributed by atoms with Crippen LogP contribution in [0.15, 0.2) is 30.5 Å². The van der Waals surface area contributed by atoms with Crippen LogP contribution in [0, 0.1) is 0 Å². The van der Waals surface area contributed by atoms with Gasteiger partial charge < -0.3 is 15.2 Å². The van der Waals surface area contributed by atoms with Gasteiger partial charge in [0.2, 0.25) is 0 Å². The fraction of sp³-hybridized carbons (Fsp3) is 0.400. The van der Waals surface area contributed by atoms with Crippen molar-refractivity contribution in [3.63, 3.8) is 0 Å². The Balaban J connectivity index is 1.80. The minimum absolute atomic E-state index is 0.127. The molecule has 1 aromatic carbocycles. The molecule has 1 aliphatic rings. The zero-order valence-corrected chi connectivity index (χ0v) is 12.6. The fourth-order valence-corrected chi connectivity index (χ4v) is 2.91. The maximum Gasteiger partial charge on any atom is 0.124 e. The van der Waals surface area contributed by atoms with Gasteiger partial charge in [-0.25, -0.2) is 0 Å². The third kappa shape index (κ3) is 2.77. The lowest BCUT2D eigenvalue weighted by molar-refractivity contribution is 0.173. The summed E-state index contributed by atoms with van der Waals surface area (Å²) in [6.45, 7) is 1.18. The van der Waals surface area contributed by atoms with Crippen molar-refractivity contribution in [1.29, 1.82) is 0 Å². The maximum absolute atomic E-state index is 6.39. The van der Waals surface area contributed by atoms with Crippen LogP contribution in [0.2, 0.25) is 5.02 Å². The highest BCUT2D eigenvalue weighted by Crippen LogP contribution is 2.34. The van der Waals surface area contributed by atoms with Crippen molar-refractivity contribution in [3.8, 4) is 5.75 Å². The molecule has 5 nitrogen and oxygen atoms in total. The smallest absolute Gasteiger partial charge is 0.124 e. The first-order chi connectivity index (χ1) is 10.2. The molecule has 3 rings (SSSR count). The standard InChI is InChI=1S/C15H18ClN3O2/c1-20-7-6-19-15(11(16)9-18-19)14(17)13-8-10-4-2-3-5-12(10)21-13/h2-5,9,13-14H,6-8,17H2,1H3. The van der Waals surface area contributed by atoms with Crippen molar-refractivity contribution in [2.75, 3.05) is 13.7 Å². The van der Waals surface area contributed by atoms with Crippen LogP contribution >= 0.6 is 11.6 Å². The molecule has 0 aliphatic carbocycles. The fourth-order valence-electron chi connectivity index (χ4n) is 2.64. The van der Waals surface area contributed by atoms with E-state index in [1.165, 1.54) is 5.56 Å². The van der Waals surface area contributed by atoms with Gasteiger partial charge in [0.1, 0.15) is 11.9 Å². The molecule has 0 saturated carbocycles. The molecule has 0 fully saturated rings. The number of nitrogens with zero attached hydrogens (tertiary/aromatic N) is 2. The van der Waals surface area contributed by atoms with Crippen molar-refractivity contribution in [3.05, 3.63) is 46.7 Å². The third-order valence-electron chi connectivity index (χ3n) is 3.73. The molecule has 2 atom stereocenters. The van der Waals surface area contributed by atoms with Gasteiger partial charge in [-0.3, -0.25) is 4.68 Å². The molecule has 0 spiro atoms.